The van der Waals surface area contributed by atoms with Gasteiger partial charge < -0.3 is 9.47 Å². The lowest BCUT2D eigenvalue weighted by Crippen LogP contribution is -2.11. The summed E-state index contributed by atoms with van der Waals surface area (Å²) in [6.07, 6.45) is 0. The SMILES string of the molecule is c1ccc2cc3c4ccccc4n(-c4ccc(-c5ccc(N(c6ccc(-c7ccccc7)cc6)c6ccccc6-c6ccc7ccccc7c6)cc5)cc4)c3cc2c#1. The molecular formula is C56H36N2. The van der Waals surface area contributed by atoms with Crippen molar-refractivity contribution in [3.8, 4) is 39.1 Å². The van der Waals surface area contributed by atoms with Crippen LogP contribution in [0.25, 0.3) is 82.4 Å². The van der Waals surface area contributed by atoms with Crippen molar-refractivity contribution in [3.05, 3.63) is 231 Å². The van der Waals surface area contributed by atoms with Crippen molar-refractivity contribution in [3.63, 3.8) is 0 Å². The van der Waals surface area contributed by atoms with Gasteiger partial charge in [0.2, 0.25) is 0 Å². The van der Waals surface area contributed by atoms with Crippen LogP contribution in [0.3, 0.4) is 0 Å². The van der Waals surface area contributed by atoms with Crippen LogP contribution in [0.5, 0.6) is 0 Å². The molecule has 0 radical (unpaired) electrons. The molecule has 58 heavy (non-hydrogen) atoms. The number of rotatable bonds is 7. The van der Waals surface area contributed by atoms with Gasteiger partial charge in [0.15, 0.2) is 0 Å². The largest absolute Gasteiger partial charge is 0.310 e. The van der Waals surface area contributed by atoms with Gasteiger partial charge in [-0.25, -0.2) is 0 Å². The molecule has 0 saturated heterocycles. The van der Waals surface area contributed by atoms with E-state index in [-0.39, 0.29) is 0 Å². The van der Waals surface area contributed by atoms with Crippen molar-refractivity contribution in [1.29, 1.82) is 0 Å². The molecule has 1 aromatic heterocycles. The van der Waals surface area contributed by atoms with Gasteiger partial charge in [0.05, 0.1) is 16.7 Å². The van der Waals surface area contributed by atoms with Crippen molar-refractivity contribution < 1.29 is 0 Å². The van der Waals surface area contributed by atoms with E-state index >= 15 is 0 Å². The molecule has 0 aliphatic rings. The second-order valence-corrected chi connectivity index (χ2v) is 14.8. The van der Waals surface area contributed by atoms with Crippen LogP contribution in [0.1, 0.15) is 0 Å². The Morgan fingerprint density at radius 2 is 0.983 bits per heavy atom. The summed E-state index contributed by atoms with van der Waals surface area (Å²) in [5, 5.41) is 7.19. The second-order valence-electron chi connectivity index (χ2n) is 14.8. The molecule has 0 unspecified atom stereocenters. The average molecular weight is 737 g/mol. The van der Waals surface area contributed by atoms with Crippen LogP contribution < -0.4 is 4.90 Å². The Hall–Kier alpha value is -7.86. The number of hydrogen-bond donors (Lipinski definition) is 0. The summed E-state index contributed by atoms with van der Waals surface area (Å²) in [5.74, 6) is 0. The Labute approximate surface area is 338 Å². The molecule has 0 saturated carbocycles. The van der Waals surface area contributed by atoms with Gasteiger partial charge in [-0.05, 0) is 123 Å². The first-order valence-corrected chi connectivity index (χ1v) is 19.8. The van der Waals surface area contributed by atoms with Crippen LogP contribution in [0, 0.1) is 12.1 Å². The molecule has 0 atom stereocenters. The smallest absolute Gasteiger partial charge is 0.0553 e. The number of hydrogen-bond acceptors (Lipinski definition) is 1. The molecule has 0 aliphatic carbocycles. The molecule has 2 heteroatoms. The maximum absolute atomic E-state index is 3.31. The highest BCUT2D eigenvalue weighted by Crippen LogP contribution is 2.43. The topological polar surface area (TPSA) is 8.17 Å². The fraction of sp³-hybridized carbons (Fsp3) is 0. The Morgan fingerprint density at radius 1 is 0.379 bits per heavy atom. The molecule has 0 N–H and O–H groups in total. The average Bonchev–Trinajstić information content (AvgIpc) is 3.62. The van der Waals surface area contributed by atoms with E-state index in [0.717, 1.165) is 33.7 Å². The minimum atomic E-state index is 1.07. The molecule has 0 amide bonds. The Bertz CT molecular complexity index is 3250. The zero-order chi connectivity index (χ0) is 38.4. The fourth-order valence-electron chi connectivity index (χ4n) is 8.54. The quantitative estimate of drug-likeness (QED) is 0.158. The number of nitrogens with zero attached hydrogens (tertiary/aromatic N) is 2. The zero-order valence-electron chi connectivity index (χ0n) is 31.7. The van der Waals surface area contributed by atoms with Crippen molar-refractivity contribution >= 4 is 60.4 Å². The van der Waals surface area contributed by atoms with Crippen LogP contribution in [0.15, 0.2) is 218 Å². The molecule has 270 valence electrons. The first-order valence-electron chi connectivity index (χ1n) is 19.8. The number of anilines is 3. The summed E-state index contributed by atoms with van der Waals surface area (Å²) >= 11 is 0. The Kier molecular flexibility index (Phi) is 8.09. The van der Waals surface area contributed by atoms with Gasteiger partial charge in [0.25, 0.3) is 0 Å². The van der Waals surface area contributed by atoms with Crippen molar-refractivity contribution in [2.45, 2.75) is 0 Å². The minimum absolute atomic E-state index is 1.07. The van der Waals surface area contributed by atoms with Crippen LogP contribution >= 0.6 is 0 Å². The third-order valence-electron chi connectivity index (χ3n) is 11.4. The predicted molar refractivity (Wildman–Crippen MR) is 244 cm³/mol. The number of benzene rings is 9. The van der Waals surface area contributed by atoms with E-state index in [4.69, 9.17) is 0 Å². The first-order chi connectivity index (χ1) is 28.7. The highest BCUT2D eigenvalue weighted by Gasteiger charge is 2.18. The lowest BCUT2D eigenvalue weighted by atomic mass is 9.98. The molecule has 11 rings (SSSR count). The third-order valence-corrected chi connectivity index (χ3v) is 11.4. The maximum Gasteiger partial charge on any atom is 0.0553 e. The van der Waals surface area contributed by atoms with Gasteiger partial charge in [0, 0.05) is 38.8 Å². The summed E-state index contributed by atoms with van der Waals surface area (Å²) in [4.78, 5) is 2.38. The first kappa shape index (κ1) is 33.5. The van der Waals surface area contributed by atoms with E-state index in [1.54, 1.807) is 0 Å². The van der Waals surface area contributed by atoms with Gasteiger partial charge in [-0.15, -0.1) is 0 Å². The van der Waals surface area contributed by atoms with Crippen molar-refractivity contribution in [1.82, 2.24) is 4.57 Å². The van der Waals surface area contributed by atoms with E-state index in [0.29, 0.717) is 0 Å². The van der Waals surface area contributed by atoms with E-state index in [9.17, 15) is 0 Å². The summed E-state index contributed by atoms with van der Waals surface area (Å²) < 4.78 is 2.37. The van der Waals surface area contributed by atoms with E-state index in [2.05, 4.69) is 234 Å². The van der Waals surface area contributed by atoms with Crippen molar-refractivity contribution in [2.24, 2.45) is 0 Å². The summed E-state index contributed by atoms with van der Waals surface area (Å²) in [6.45, 7) is 0. The third kappa shape index (κ3) is 5.86. The van der Waals surface area contributed by atoms with Crippen molar-refractivity contribution in [2.75, 3.05) is 4.90 Å². The molecule has 10 aromatic carbocycles. The number of aromatic nitrogens is 1. The lowest BCUT2D eigenvalue weighted by Gasteiger charge is -2.28. The molecule has 2 nitrogen and oxygen atoms in total. The fourth-order valence-corrected chi connectivity index (χ4v) is 8.54. The standard InChI is InChI=1S/C56H36N2/c1-2-12-39(13-3-1)41-24-30-48(31-25-41)57(54-20-10-8-18-51(54)47-23-22-40-14-4-5-15-44(40)36-47)49-32-26-42(27-33-49)43-28-34-50(35-29-43)58-55-21-11-9-19-52(55)53-37-45-16-6-7-17-46(45)38-56(53)58/h1-6,8-16,18-38H. The molecule has 0 bridgehead atoms. The number of fused-ring (bicyclic) bond motifs is 5. The summed E-state index contributed by atoms with van der Waals surface area (Å²) in [7, 11) is 0. The van der Waals surface area contributed by atoms with Gasteiger partial charge in [0.1, 0.15) is 0 Å². The molecular weight excluding hydrogens is 701 g/mol. The lowest BCUT2D eigenvalue weighted by molar-refractivity contribution is 1.18. The van der Waals surface area contributed by atoms with E-state index in [1.165, 1.54) is 65.8 Å². The van der Waals surface area contributed by atoms with E-state index in [1.807, 2.05) is 6.07 Å². The highest BCUT2D eigenvalue weighted by molar-refractivity contribution is 6.13. The van der Waals surface area contributed by atoms with E-state index < -0.39 is 0 Å². The number of para-hydroxylation sites is 2. The molecule has 11 aromatic rings. The van der Waals surface area contributed by atoms with Gasteiger partial charge in [-0.1, -0.05) is 152 Å². The molecule has 0 aliphatic heterocycles. The van der Waals surface area contributed by atoms with Crippen LogP contribution in [0.4, 0.5) is 17.1 Å². The normalized spacial score (nSPS) is 11.3. The Morgan fingerprint density at radius 3 is 1.74 bits per heavy atom. The van der Waals surface area contributed by atoms with Gasteiger partial charge in [-0.3, -0.25) is 0 Å². The van der Waals surface area contributed by atoms with Crippen LogP contribution in [-0.2, 0) is 0 Å². The Balaban J connectivity index is 0.981. The second kappa shape index (κ2) is 14.0. The molecule has 0 spiro atoms. The molecule has 0 fully saturated rings. The van der Waals surface area contributed by atoms with Gasteiger partial charge in [-0.2, -0.15) is 0 Å². The summed E-state index contributed by atoms with van der Waals surface area (Å²) in [6, 6.07) is 85.2. The van der Waals surface area contributed by atoms with Gasteiger partial charge >= 0.3 is 0 Å². The monoisotopic (exact) mass is 736 g/mol. The predicted octanol–water partition coefficient (Wildman–Crippen LogP) is 15.2. The highest BCUT2D eigenvalue weighted by atomic mass is 15.1. The van der Waals surface area contributed by atoms with Crippen LogP contribution in [0.2, 0.25) is 0 Å². The summed E-state index contributed by atoms with van der Waals surface area (Å²) in [5.41, 5.74) is 13.9. The maximum atomic E-state index is 3.31. The van der Waals surface area contributed by atoms with Crippen LogP contribution in [-0.4, -0.2) is 4.57 Å². The zero-order valence-corrected chi connectivity index (χ0v) is 31.7. The minimum Gasteiger partial charge on any atom is -0.310 e. The molecule has 1 heterocycles.